The van der Waals surface area contributed by atoms with Crippen LogP contribution in [0, 0.1) is 17.8 Å². The molecule has 0 radical (unpaired) electrons. The molecule has 3 fully saturated rings. The van der Waals surface area contributed by atoms with Crippen molar-refractivity contribution in [2.24, 2.45) is 17.8 Å². The first-order valence-corrected chi connectivity index (χ1v) is 19.1. The molecule has 0 aromatic carbocycles. The highest BCUT2D eigenvalue weighted by molar-refractivity contribution is 5.83. The van der Waals surface area contributed by atoms with Crippen LogP contribution in [-0.4, -0.2) is 165 Å². The highest BCUT2D eigenvalue weighted by Gasteiger charge is 2.57. The molecule has 16 heteroatoms. The highest BCUT2D eigenvalue weighted by atomic mass is 16.7. The van der Waals surface area contributed by atoms with Crippen molar-refractivity contribution in [3.8, 4) is 0 Å². The second-order valence-corrected chi connectivity index (χ2v) is 16.8. The van der Waals surface area contributed by atoms with Gasteiger partial charge in [0.25, 0.3) is 0 Å². The Labute approximate surface area is 320 Å². The molecule has 3 saturated heterocycles. The second-order valence-electron chi connectivity index (χ2n) is 16.8. The number of Topliss-reactive ketones (excluding diaryl/α,β-unsaturated/α-hetero) is 1. The summed E-state index contributed by atoms with van der Waals surface area (Å²) < 4.78 is 43.2. The third-order valence-electron chi connectivity index (χ3n) is 12.4. The molecule has 3 aliphatic rings. The fourth-order valence-corrected chi connectivity index (χ4v) is 8.64. The number of carbonyl (C=O) groups excluding carboxylic acids is 2. The molecule has 0 amide bonds. The number of hydrogen-bond donors (Lipinski definition) is 6. The van der Waals surface area contributed by atoms with E-state index in [1.807, 2.05) is 0 Å². The van der Waals surface area contributed by atoms with Crippen LogP contribution >= 0.6 is 0 Å². The largest absolute Gasteiger partial charge is 0.457 e. The van der Waals surface area contributed by atoms with Crippen LogP contribution in [0.5, 0.6) is 0 Å². The number of nitrogens with zero attached hydrogens (tertiary/aromatic N) is 1. The van der Waals surface area contributed by atoms with Crippen molar-refractivity contribution in [3.63, 3.8) is 0 Å². The molecule has 316 valence electrons. The van der Waals surface area contributed by atoms with E-state index in [-0.39, 0.29) is 26.0 Å². The van der Waals surface area contributed by atoms with Gasteiger partial charge in [0.2, 0.25) is 0 Å². The standard InChI is InChI=1S/C38H69NO15/c1-14-25-37(9,46)29(43)21(4)27(41)19(2)16-36(8,49-13)31(54-33-28(42)24(39(11)18-40)15-20(3)50-33)22(5)32(38(10,47)34(45)52-25)53-26-17-35(7,48-12)30(44)23(6)51-26/h19-26,28-33,40,42-44,46-47H,14-18H2,1-13H3. The first kappa shape index (κ1) is 47.0. The predicted octanol–water partition coefficient (Wildman–Crippen LogP) is 0.875. The minimum Gasteiger partial charge on any atom is -0.457 e. The lowest BCUT2D eigenvalue weighted by atomic mass is 9.73. The molecule has 3 aliphatic heterocycles. The normalized spacial score (nSPS) is 49.0. The molecule has 18 unspecified atom stereocenters. The Morgan fingerprint density at radius 1 is 0.852 bits per heavy atom. The number of hydrogen-bond acceptors (Lipinski definition) is 16. The van der Waals surface area contributed by atoms with Crippen molar-refractivity contribution in [2.75, 3.05) is 28.0 Å². The number of ether oxygens (including phenoxy) is 7. The molecular weight excluding hydrogens is 710 g/mol. The summed E-state index contributed by atoms with van der Waals surface area (Å²) >= 11 is 0. The molecular formula is C38H69NO15. The summed E-state index contributed by atoms with van der Waals surface area (Å²) in [6, 6.07) is -0.576. The Hall–Kier alpha value is -1.38. The van der Waals surface area contributed by atoms with Crippen molar-refractivity contribution in [1.82, 2.24) is 4.90 Å². The Kier molecular flexibility index (Phi) is 15.7. The molecule has 16 nitrogen and oxygen atoms in total. The topological polar surface area (TPSA) is 223 Å². The van der Waals surface area contributed by atoms with Gasteiger partial charge < -0.3 is 63.8 Å². The number of rotatable bonds is 9. The third kappa shape index (κ3) is 9.49. The van der Waals surface area contributed by atoms with Crippen molar-refractivity contribution in [1.29, 1.82) is 0 Å². The minimum absolute atomic E-state index is 0.0166. The van der Waals surface area contributed by atoms with Gasteiger partial charge in [-0.3, -0.25) is 9.69 Å². The van der Waals surface area contributed by atoms with Crippen LogP contribution in [0.25, 0.3) is 0 Å². The van der Waals surface area contributed by atoms with Gasteiger partial charge in [-0.25, -0.2) is 4.79 Å². The molecule has 0 saturated carbocycles. The van der Waals surface area contributed by atoms with E-state index >= 15 is 0 Å². The minimum atomic E-state index is -2.51. The van der Waals surface area contributed by atoms with Gasteiger partial charge >= 0.3 is 5.97 Å². The van der Waals surface area contributed by atoms with E-state index in [0.717, 1.165) is 0 Å². The number of aliphatic hydroxyl groups excluding tert-OH is 4. The number of methoxy groups -OCH3 is 2. The average Bonchev–Trinajstić information content (AvgIpc) is 3.12. The molecule has 3 rings (SSSR count). The Balaban J connectivity index is 2.28. The van der Waals surface area contributed by atoms with Gasteiger partial charge in [-0.15, -0.1) is 0 Å². The Morgan fingerprint density at radius 3 is 1.98 bits per heavy atom. The smallest absolute Gasteiger partial charge is 0.340 e. The van der Waals surface area contributed by atoms with Crippen LogP contribution in [-0.2, 0) is 42.7 Å². The Bertz CT molecular complexity index is 1250. The summed E-state index contributed by atoms with van der Waals surface area (Å²) in [4.78, 5) is 29.8. The van der Waals surface area contributed by atoms with Gasteiger partial charge in [0.15, 0.2) is 18.2 Å². The van der Waals surface area contributed by atoms with Crippen LogP contribution in [0.1, 0.15) is 94.9 Å². The van der Waals surface area contributed by atoms with Gasteiger partial charge in [0.05, 0.1) is 42.3 Å². The lowest BCUT2D eigenvalue weighted by Gasteiger charge is -2.51. The molecule has 54 heavy (non-hydrogen) atoms. The van der Waals surface area contributed by atoms with Crippen molar-refractivity contribution < 1.29 is 73.4 Å². The van der Waals surface area contributed by atoms with E-state index in [4.69, 9.17) is 33.2 Å². The van der Waals surface area contributed by atoms with Crippen molar-refractivity contribution >= 4 is 11.8 Å². The molecule has 0 aliphatic carbocycles. The molecule has 0 spiro atoms. The SMILES string of the molecule is CCC1OC(=O)C(C)(O)C(OC2CC(C)(OC)C(O)C(C)O2)C(C)C(OC2OC(C)CC(N(C)CO)C2O)C(C)(OC)CC(C)C(=O)C(C)C(O)C1(C)O. The summed E-state index contributed by atoms with van der Waals surface area (Å²) in [5.41, 5.74) is -7.19. The van der Waals surface area contributed by atoms with Crippen LogP contribution in [0.15, 0.2) is 0 Å². The van der Waals surface area contributed by atoms with Gasteiger partial charge in [-0.1, -0.05) is 27.7 Å². The third-order valence-corrected chi connectivity index (χ3v) is 12.4. The zero-order chi connectivity index (χ0) is 41.3. The van der Waals surface area contributed by atoms with Crippen molar-refractivity contribution in [3.05, 3.63) is 0 Å². The van der Waals surface area contributed by atoms with Gasteiger partial charge in [0, 0.05) is 44.4 Å². The van der Waals surface area contributed by atoms with Crippen LogP contribution in [0.3, 0.4) is 0 Å². The quantitative estimate of drug-likeness (QED) is 0.141. The van der Waals surface area contributed by atoms with E-state index in [1.165, 1.54) is 35.0 Å². The Morgan fingerprint density at radius 2 is 1.44 bits per heavy atom. The molecule has 0 aromatic rings. The van der Waals surface area contributed by atoms with Gasteiger partial charge in [0.1, 0.15) is 35.8 Å². The van der Waals surface area contributed by atoms with E-state index in [0.29, 0.717) is 6.42 Å². The van der Waals surface area contributed by atoms with Gasteiger partial charge in [-0.05, 0) is 67.9 Å². The number of likely N-dealkylation sites (N-methyl/N-ethyl adjacent to an activating group) is 1. The summed E-state index contributed by atoms with van der Waals surface area (Å²) in [5, 5.41) is 67.9. The monoisotopic (exact) mass is 779 g/mol. The molecule has 0 bridgehead atoms. The first-order valence-electron chi connectivity index (χ1n) is 19.1. The summed E-state index contributed by atoms with van der Waals surface area (Å²) in [5.74, 6) is -4.56. The first-order chi connectivity index (χ1) is 24.9. The van der Waals surface area contributed by atoms with E-state index in [9.17, 15) is 40.2 Å². The summed E-state index contributed by atoms with van der Waals surface area (Å²) in [7, 11) is 4.51. The number of ketones is 1. The average molecular weight is 780 g/mol. The fourth-order valence-electron chi connectivity index (χ4n) is 8.64. The van der Waals surface area contributed by atoms with E-state index in [2.05, 4.69) is 0 Å². The number of esters is 1. The zero-order valence-electron chi connectivity index (χ0n) is 34.4. The highest BCUT2D eigenvalue weighted by Crippen LogP contribution is 2.42. The van der Waals surface area contributed by atoms with Crippen LogP contribution < -0.4 is 0 Å². The maximum Gasteiger partial charge on any atom is 0.340 e. The predicted molar refractivity (Wildman–Crippen MR) is 194 cm³/mol. The maximum atomic E-state index is 14.3. The number of carbonyl (C=O) groups is 2. The summed E-state index contributed by atoms with van der Waals surface area (Å²) in [6.07, 6.45) is -11.4. The van der Waals surface area contributed by atoms with E-state index in [1.54, 1.807) is 60.4 Å². The number of aliphatic hydroxyl groups is 6. The molecule has 3 heterocycles. The molecule has 6 N–H and O–H groups in total. The molecule has 0 aromatic heterocycles. The second kappa shape index (κ2) is 18.0. The molecule has 18 atom stereocenters. The fraction of sp³-hybridized carbons (Fsp3) is 0.947. The lowest BCUT2D eigenvalue weighted by Crippen LogP contribution is -2.65. The van der Waals surface area contributed by atoms with Crippen LogP contribution in [0.2, 0.25) is 0 Å². The maximum absolute atomic E-state index is 14.3. The zero-order valence-corrected chi connectivity index (χ0v) is 34.4. The lowest BCUT2D eigenvalue weighted by molar-refractivity contribution is -0.328. The van der Waals surface area contributed by atoms with Crippen molar-refractivity contribution in [2.45, 2.75) is 185 Å². The van der Waals surface area contributed by atoms with Gasteiger partial charge in [-0.2, -0.15) is 0 Å². The number of cyclic esters (lactones) is 1. The van der Waals surface area contributed by atoms with E-state index < -0.39 is 119 Å². The summed E-state index contributed by atoms with van der Waals surface area (Å²) in [6.45, 7) is 15.4. The van der Waals surface area contributed by atoms with Crippen LogP contribution in [0.4, 0.5) is 0 Å².